The van der Waals surface area contributed by atoms with Crippen molar-refractivity contribution in [1.82, 2.24) is 0 Å². The first-order valence-electron chi connectivity index (χ1n) is 15.5. The molecule has 0 amide bonds. The Hall–Kier alpha value is -2.46. The van der Waals surface area contributed by atoms with Crippen LogP contribution in [-0.4, -0.2) is 82.9 Å². The third-order valence-electron chi connectivity index (χ3n) is 7.75. The number of carbonyl (C=O) groups excluding carboxylic acids is 2. The molecule has 0 spiro atoms. The van der Waals surface area contributed by atoms with Crippen molar-refractivity contribution >= 4 is 24.1 Å². The van der Waals surface area contributed by atoms with E-state index in [4.69, 9.17) is 31.9 Å². The summed E-state index contributed by atoms with van der Waals surface area (Å²) in [6, 6.07) is 0.357. The highest BCUT2D eigenvalue weighted by Gasteiger charge is 2.41. The van der Waals surface area contributed by atoms with E-state index >= 15 is 0 Å². The molecule has 0 heterocycles. The van der Waals surface area contributed by atoms with Gasteiger partial charge in [0.1, 0.15) is 0 Å². The fraction of sp³-hybridized carbons (Fsp3) is 0.875. The lowest BCUT2D eigenvalue weighted by Gasteiger charge is -2.45. The first kappa shape index (κ1) is 43.7. The number of aliphatic hydroxyl groups excluding tert-OH is 2. The zero-order chi connectivity index (χ0) is 34.5. The van der Waals surface area contributed by atoms with Crippen molar-refractivity contribution in [1.29, 1.82) is 0 Å². The molecule has 44 heavy (non-hydrogen) atoms. The average molecular weight is 629 g/mol. The lowest BCUT2D eigenvalue weighted by molar-refractivity contribution is -0.139. The molecule has 2 fully saturated rings. The third kappa shape index (κ3) is 23.0. The van der Waals surface area contributed by atoms with Crippen molar-refractivity contribution in [2.24, 2.45) is 43.1 Å². The molecule has 2 aliphatic carbocycles. The highest BCUT2D eigenvalue weighted by molar-refractivity contribution is 5.67. The molecule has 12 nitrogen and oxygen atoms in total. The molecule has 0 saturated heterocycles. The van der Waals surface area contributed by atoms with Gasteiger partial charge >= 0.3 is 11.9 Å². The van der Waals surface area contributed by atoms with Gasteiger partial charge in [-0.3, -0.25) is 9.59 Å². The van der Waals surface area contributed by atoms with Crippen molar-refractivity contribution in [2.45, 2.75) is 131 Å². The Morgan fingerprint density at radius 1 is 0.750 bits per heavy atom. The van der Waals surface area contributed by atoms with Gasteiger partial charge in [-0.05, 0) is 92.4 Å². The maximum Gasteiger partial charge on any atom is 0.303 e. The lowest BCUT2D eigenvalue weighted by Crippen LogP contribution is -2.45. The summed E-state index contributed by atoms with van der Waals surface area (Å²) in [6.45, 7) is 14.9. The number of rotatable bonds is 12. The number of carboxylic acids is 2. The normalized spacial score (nSPS) is 26.3. The number of aliphatic hydroxyl groups is 2. The summed E-state index contributed by atoms with van der Waals surface area (Å²) < 4.78 is 0. The smallest absolute Gasteiger partial charge is 0.303 e. The van der Waals surface area contributed by atoms with Crippen molar-refractivity contribution in [3.63, 3.8) is 0 Å². The second-order valence-corrected chi connectivity index (χ2v) is 14.5. The molecule has 0 radical (unpaired) electrons. The fourth-order valence-corrected chi connectivity index (χ4v) is 6.73. The zero-order valence-electron chi connectivity index (χ0n) is 27.9. The summed E-state index contributed by atoms with van der Waals surface area (Å²) in [7, 11) is 0. The predicted octanol–water partition coefficient (Wildman–Crippen LogP) is 4.20. The second kappa shape index (κ2) is 22.1. The number of hydrogen-bond donors (Lipinski definition) is 6. The Balaban J connectivity index is 0. The van der Waals surface area contributed by atoms with Crippen molar-refractivity contribution in [3.05, 3.63) is 0 Å². The van der Waals surface area contributed by atoms with Crippen LogP contribution in [0.2, 0.25) is 0 Å². The van der Waals surface area contributed by atoms with E-state index in [0.29, 0.717) is 30.8 Å². The Kier molecular flexibility index (Phi) is 21.9. The number of unbranched alkanes of at least 4 members (excludes halogenated alkanes) is 2. The molecule has 4 unspecified atom stereocenters. The van der Waals surface area contributed by atoms with Gasteiger partial charge in [0.05, 0.1) is 12.6 Å². The van der Waals surface area contributed by atoms with Crippen LogP contribution >= 0.6 is 0 Å². The summed E-state index contributed by atoms with van der Waals surface area (Å²) in [5.74, 6) is -1.74. The molecule has 0 aromatic rings. The number of aliphatic imine (C=N–C) groups is 2. The molecule has 256 valence electrons. The minimum Gasteiger partial charge on any atom is -0.481 e. The Bertz CT molecular complexity index is 911. The Morgan fingerprint density at radius 2 is 1.23 bits per heavy atom. The monoisotopic (exact) mass is 628 g/mol. The van der Waals surface area contributed by atoms with E-state index < -0.39 is 11.9 Å². The highest BCUT2D eigenvalue weighted by atomic mass is 16.4. The van der Waals surface area contributed by atoms with Gasteiger partial charge in [0.2, 0.25) is 12.2 Å². The SMILES string of the molecule is CC1(C)CC(N)CC(C)(CN)C1.CC1(C)CC(N=C=O)CC(C)(CN=C=O)C1.O=C(O)CCCCC(=O)O.OCCCCO. The summed E-state index contributed by atoms with van der Waals surface area (Å²) in [4.78, 5) is 47.8. The van der Waals surface area contributed by atoms with Gasteiger partial charge in [-0.15, -0.1) is 0 Å². The standard InChI is InChI=1S/C12H18N2O2.C10H22N2.C6H10O4.C4H10O2/c1-11(2)4-10(14-9-16)5-12(3,6-11)7-13-8-15;1-9(2)4-8(12)5-10(3,6-9)7-11;7-5(8)3-1-2-4-6(9)10;5-3-1-2-4-6/h10H,4-7H2,1-3H3;8H,4-7,11-12H2,1-3H3;1-4H2,(H,7,8)(H,9,10);5-6H,1-4H2. The second-order valence-electron chi connectivity index (χ2n) is 14.5. The van der Waals surface area contributed by atoms with Gasteiger partial charge in [0.25, 0.3) is 0 Å². The fourth-order valence-electron chi connectivity index (χ4n) is 6.73. The number of aliphatic carboxylic acids is 2. The Labute approximate surface area is 263 Å². The number of hydrogen-bond acceptors (Lipinski definition) is 10. The molecular weight excluding hydrogens is 568 g/mol. The van der Waals surface area contributed by atoms with E-state index in [1.807, 2.05) is 0 Å². The molecule has 0 bridgehead atoms. The van der Waals surface area contributed by atoms with Crippen LogP contribution in [0.4, 0.5) is 0 Å². The summed E-state index contributed by atoms with van der Waals surface area (Å²) in [5, 5.41) is 32.4. The summed E-state index contributed by atoms with van der Waals surface area (Å²) in [5.41, 5.74) is 12.5. The van der Waals surface area contributed by atoms with E-state index in [2.05, 4.69) is 51.5 Å². The molecule has 0 aromatic carbocycles. The van der Waals surface area contributed by atoms with Crippen LogP contribution in [0.5, 0.6) is 0 Å². The first-order chi connectivity index (χ1) is 20.3. The lowest BCUT2D eigenvalue weighted by atomic mass is 9.63. The van der Waals surface area contributed by atoms with E-state index in [0.717, 1.165) is 51.5 Å². The average Bonchev–Trinajstić information content (AvgIpc) is 2.87. The largest absolute Gasteiger partial charge is 0.481 e. The van der Waals surface area contributed by atoms with Gasteiger partial charge in [-0.25, -0.2) is 19.6 Å². The van der Waals surface area contributed by atoms with Crippen LogP contribution in [0, 0.1) is 21.7 Å². The molecular formula is C32H60N4O8. The molecule has 2 saturated carbocycles. The van der Waals surface area contributed by atoms with E-state index in [1.165, 1.54) is 6.42 Å². The molecule has 8 N–H and O–H groups in total. The van der Waals surface area contributed by atoms with Crippen molar-refractivity contribution < 1.29 is 39.6 Å². The molecule has 4 atom stereocenters. The highest BCUT2D eigenvalue weighted by Crippen LogP contribution is 2.47. The van der Waals surface area contributed by atoms with E-state index in [9.17, 15) is 19.2 Å². The molecule has 0 aliphatic heterocycles. The third-order valence-corrected chi connectivity index (χ3v) is 7.75. The minimum atomic E-state index is -0.870. The van der Waals surface area contributed by atoms with Gasteiger partial charge in [0.15, 0.2) is 0 Å². The van der Waals surface area contributed by atoms with Crippen LogP contribution in [0.3, 0.4) is 0 Å². The van der Waals surface area contributed by atoms with Crippen LogP contribution < -0.4 is 11.5 Å². The zero-order valence-corrected chi connectivity index (χ0v) is 27.9. The quantitative estimate of drug-likeness (QED) is 0.103. The predicted molar refractivity (Wildman–Crippen MR) is 171 cm³/mol. The maximum absolute atomic E-state index is 10.3. The van der Waals surface area contributed by atoms with E-state index in [-0.39, 0.29) is 48.3 Å². The van der Waals surface area contributed by atoms with Gasteiger partial charge in [0, 0.05) is 32.1 Å². The first-order valence-corrected chi connectivity index (χ1v) is 15.5. The minimum absolute atomic E-state index is 0.00750. The summed E-state index contributed by atoms with van der Waals surface area (Å²) >= 11 is 0. The van der Waals surface area contributed by atoms with Gasteiger partial charge < -0.3 is 31.9 Å². The van der Waals surface area contributed by atoms with Crippen molar-refractivity contribution in [2.75, 3.05) is 26.3 Å². The molecule has 2 aliphatic rings. The number of nitrogens with two attached hydrogens (primary N) is 2. The van der Waals surface area contributed by atoms with Gasteiger partial charge in [-0.2, -0.15) is 0 Å². The topological polar surface area (TPSA) is 226 Å². The van der Waals surface area contributed by atoms with Crippen LogP contribution in [0.1, 0.15) is 119 Å². The summed E-state index contributed by atoms with van der Waals surface area (Å²) in [6.07, 6.45) is 11.8. The van der Waals surface area contributed by atoms with Crippen molar-refractivity contribution in [3.8, 4) is 0 Å². The Morgan fingerprint density at radius 3 is 1.61 bits per heavy atom. The van der Waals surface area contributed by atoms with E-state index in [1.54, 1.807) is 12.2 Å². The van der Waals surface area contributed by atoms with Crippen LogP contribution in [-0.2, 0) is 19.2 Å². The molecule has 2 rings (SSSR count). The molecule has 12 heteroatoms. The number of isocyanates is 2. The number of carbonyl (C=O) groups is 2. The molecule has 0 aromatic heterocycles. The number of carboxylic acid groups (broad SMARTS) is 2. The number of nitrogens with zero attached hydrogens (tertiary/aromatic N) is 2. The van der Waals surface area contributed by atoms with Crippen LogP contribution in [0.25, 0.3) is 0 Å². The van der Waals surface area contributed by atoms with Gasteiger partial charge in [-0.1, -0.05) is 41.5 Å². The van der Waals surface area contributed by atoms with Crippen LogP contribution in [0.15, 0.2) is 9.98 Å². The maximum atomic E-state index is 10.3.